The number of benzene rings is 2. The molecule has 0 radical (unpaired) electrons. The van der Waals surface area contributed by atoms with Gasteiger partial charge in [0.15, 0.2) is 11.4 Å². The Bertz CT molecular complexity index is 1630. The van der Waals surface area contributed by atoms with Crippen molar-refractivity contribution in [1.82, 2.24) is 4.90 Å². The van der Waals surface area contributed by atoms with Crippen molar-refractivity contribution in [2.45, 2.75) is 70.4 Å². The van der Waals surface area contributed by atoms with E-state index in [1.807, 2.05) is 51.1 Å². The summed E-state index contributed by atoms with van der Waals surface area (Å²) in [6.45, 7) is 10.0. The molecule has 228 valence electrons. The van der Waals surface area contributed by atoms with Gasteiger partial charge in [0.2, 0.25) is 5.78 Å². The highest BCUT2D eigenvalue weighted by Gasteiger charge is 2.64. The molecule has 1 fully saturated rings. The number of ketones is 2. The van der Waals surface area contributed by atoms with E-state index >= 15 is 0 Å². The zero-order chi connectivity index (χ0) is 31.9. The van der Waals surface area contributed by atoms with Gasteiger partial charge in [0.05, 0.1) is 11.6 Å². The van der Waals surface area contributed by atoms with Crippen molar-refractivity contribution < 1.29 is 34.8 Å². The van der Waals surface area contributed by atoms with Gasteiger partial charge in [-0.1, -0.05) is 58.9 Å². The predicted molar refractivity (Wildman–Crippen MR) is 162 cm³/mol. The molecule has 1 amide bonds. The molecule has 0 heterocycles. The molecule has 9 heteroatoms. The van der Waals surface area contributed by atoms with E-state index in [4.69, 9.17) is 5.73 Å². The summed E-state index contributed by atoms with van der Waals surface area (Å²) >= 11 is 0. The second-order valence-electron chi connectivity index (χ2n) is 13.7. The van der Waals surface area contributed by atoms with Crippen LogP contribution in [0.5, 0.6) is 5.75 Å². The van der Waals surface area contributed by atoms with Crippen LogP contribution in [-0.2, 0) is 26.2 Å². The maximum atomic E-state index is 14.2. The second kappa shape index (κ2) is 10.1. The fraction of sp³-hybridized carbons (Fsp3) is 0.441. The fourth-order valence-corrected chi connectivity index (χ4v) is 7.19. The monoisotopic (exact) mass is 588 g/mol. The van der Waals surface area contributed by atoms with Crippen LogP contribution in [0.4, 0.5) is 0 Å². The lowest BCUT2D eigenvalue weighted by atomic mass is 9.57. The number of likely N-dealkylation sites (N-methyl/N-ethyl adjacent to an activating group) is 1. The van der Waals surface area contributed by atoms with Gasteiger partial charge in [-0.25, -0.2) is 0 Å². The van der Waals surface area contributed by atoms with Crippen molar-refractivity contribution in [3.05, 3.63) is 69.5 Å². The third-order valence-electron chi connectivity index (χ3n) is 9.42. The number of aliphatic hydroxyl groups is 3. The highest BCUT2D eigenvalue weighted by Crippen LogP contribution is 2.55. The smallest absolute Gasteiger partial charge is 0.255 e. The zero-order valence-corrected chi connectivity index (χ0v) is 25.6. The maximum absolute atomic E-state index is 14.2. The summed E-state index contributed by atoms with van der Waals surface area (Å²) in [5.41, 5.74) is 5.39. The summed E-state index contributed by atoms with van der Waals surface area (Å²) in [5.74, 6) is -6.24. The van der Waals surface area contributed by atoms with E-state index in [0.29, 0.717) is 17.0 Å². The topological polar surface area (TPSA) is 161 Å². The van der Waals surface area contributed by atoms with Gasteiger partial charge in [-0.2, -0.15) is 0 Å². The number of rotatable bonds is 4. The number of hydrogen-bond donors (Lipinski definition) is 5. The molecule has 2 aromatic rings. The number of phenols is 1. The quantitative estimate of drug-likeness (QED) is 0.334. The molecular weight excluding hydrogens is 548 g/mol. The molecular formula is C34H40N2O7. The average Bonchev–Trinajstić information content (AvgIpc) is 2.90. The van der Waals surface area contributed by atoms with Gasteiger partial charge in [-0.15, -0.1) is 0 Å². The Morgan fingerprint density at radius 3 is 2.19 bits per heavy atom. The number of carbonyl (C=O) groups excluding carboxylic acids is 3. The van der Waals surface area contributed by atoms with E-state index < -0.39 is 63.5 Å². The molecule has 9 nitrogen and oxygen atoms in total. The van der Waals surface area contributed by atoms with Gasteiger partial charge >= 0.3 is 0 Å². The van der Waals surface area contributed by atoms with Crippen LogP contribution in [0.25, 0.3) is 16.9 Å². The van der Waals surface area contributed by atoms with Gasteiger partial charge in [-0.05, 0) is 72.5 Å². The number of nitrogens with two attached hydrogens (primary N) is 1. The van der Waals surface area contributed by atoms with Crippen molar-refractivity contribution in [2.24, 2.45) is 17.6 Å². The van der Waals surface area contributed by atoms with Crippen LogP contribution < -0.4 is 5.73 Å². The maximum Gasteiger partial charge on any atom is 0.255 e. The minimum absolute atomic E-state index is 0.0409. The normalized spacial score (nSPS) is 25.7. The van der Waals surface area contributed by atoms with Crippen molar-refractivity contribution >= 4 is 23.2 Å². The minimum atomic E-state index is -2.67. The van der Waals surface area contributed by atoms with Crippen molar-refractivity contribution in [1.29, 1.82) is 0 Å². The Balaban J connectivity index is 1.79. The number of primary amides is 1. The molecule has 0 saturated heterocycles. The van der Waals surface area contributed by atoms with E-state index in [9.17, 15) is 34.8 Å². The number of Topliss-reactive ketones (excluding diaryl/α,β-unsaturated/α-hetero) is 2. The standard InChI is InChI=1S/C34H40N2O7/c1-15(2)16-8-10-17(11-9-16)19-14-22(33(3,4)5)27(37)24-20(19)12-18-13-21-26(36(6)7)29(39)25(32(35)42)31(41)34(21,43)30(40)23(18)28(24)38/h8-11,14-15,18,21,26,37-38,41,43H,12-13H2,1-7H3,(H2,35,42)/t18-,21-,26-,34-/m0/s1. The number of aromatic hydroxyl groups is 1. The Labute approximate surface area is 251 Å². The van der Waals surface area contributed by atoms with E-state index in [0.717, 1.165) is 16.7 Å². The van der Waals surface area contributed by atoms with Gasteiger partial charge in [0, 0.05) is 17.1 Å². The highest BCUT2D eigenvalue weighted by atomic mass is 16.3. The molecule has 3 aliphatic rings. The first-order chi connectivity index (χ1) is 19.9. The summed E-state index contributed by atoms with van der Waals surface area (Å²) in [6.07, 6.45) is 0.271. The van der Waals surface area contributed by atoms with Gasteiger partial charge in [-0.3, -0.25) is 19.3 Å². The number of nitrogens with zero attached hydrogens (tertiary/aromatic N) is 1. The third kappa shape index (κ3) is 4.40. The average molecular weight is 589 g/mol. The molecule has 4 atom stereocenters. The minimum Gasteiger partial charge on any atom is -0.508 e. The van der Waals surface area contributed by atoms with E-state index in [2.05, 4.69) is 13.8 Å². The van der Waals surface area contributed by atoms with Crippen molar-refractivity contribution in [3.63, 3.8) is 0 Å². The molecule has 2 aromatic carbocycles. The number of carbonyl (C=O) groups is 3. The number of hydrogen-bond acceptors (Lipinski definition) is 8. The Morgan fingerprint density at radius 1 is 1.07 bits per heavy atom. The van der Waals surface area contributed by atoms with Crippen LogP contribution in [0, 0.1) is 11.8 Å². The first-order valence-electron chi connectivity index (χ1n) is 14.6. The van der Waals surface area contributed by atoms with Crippen LogP contribution in [-0.4, -0.2) is 68.5 Å². The van der Waals surface area contributed by atoms with Crippen LogP contribution >= 0.6 is 0 Å². The first-order valence-corrected chi connectivity index (χ1v) is 14.6. The molecule has 1 saturated carbocycles. The van der Waals surface area contributed by atoms with Crippen LogP contribution in [0.3, 0.4) is 0 Å². The first kappa shape index (κ1) is 30.5. The predicted octanol–water partition coefficient (Wildman–Crippen LogP) is 4.05. The number of aliphatic hydroxyl groups excluding tert-OH is 2. The summed E-state index contributed by atoms with van der Waals surface area (Å²) in [4.78, 5) is 41.3. The lowest BCUT2D eigenvalue weighted by Gasteiger charge is -2.50. The largest absolute Gasteiger partial charge is 0.508 e. The van der Waals surface area contributed by atoms with Gasteiger partial charge in [0.1, 0.15) is 22.8 Å². The molecule has 0 aliphatic heterocycles. The van der Waals surface area contributed by atoms with Gasteiger partial charge in [0.25, 0.3) is 5.91 Å². The number of phenolic OH excluding ortho intramolecular Hbond substituents is 1. The molecule has 43 heavy (non-hydrogen) atoms. The SMILES string of the molecule is CC(C)c1ccc(-c2cc(C(C)(C)C)c(O)c3c2C[C@H]2C[C@H]4[C@H](N(C)C)C(=O)C(C(N)=O)=C(O)[C@@]4(O)C(=O)C2=C3O)cc1. The van der Waals surface area contributed by atoms with Crippen LogP contribution in [0.1, 0.15) is 69.2 Å². The summed E-state index contributed by atoms with van der Waals surface area (Å²) in [7, 11) is 3.16. The molecule has 0 bridgehead atoms. The lowest BCUT2D eigenvalue weighted by Crippen LogP contribution is -2.65. The van der Waals surface area contributed by atoms with Gasteiger partial charge < -0.3 is 26.2 Å². The molecule has 0 unspecified atom stereocenters. The Hall–Kier alpha value is -3.95. The number of fused-ring (bicyclic) bond motifs is 3. The van der Waals surface area contributed by atoms with E-state index in [-0.39, 0.29) is 29.7 Å². The fourth-order valence-electron chi connectivity index (χ4n) is 7.19. The van der Waals surface area contributed by atoms with Crippen LogP contribution in [0.2, 0.25) is 0 Å². The Kier molecular flexibility index (Phi) is 7.14. The molecule has 6 N–H and O–H groups in total. The lowest BCUT2D eigenvalue weighted by molar-refractivity contribution is -0.153. The number of amides is 1. The summed E-state index contributed by atoms with van der Waals surface area (Å²) in [6, 6.07) is 8.91. The van der Waals surface area contributed by atoms with E-state index in [1.165, 1.54) is 4.90 Å². The summed E-state index contributed by atoms with van der Waals surface area (Å²) < 4.78 is 0. The van der Waals surface area contributed by atoms with Crippen LogP contribution in [0.15, 0.2) is 47.2 Å². The summed E-state index contributed by atoms with van der Waals surface area (Å²) in [5, 5.41) is 46.4. The molecule has 0 spiro atoms. The third-order valence-corrected chi connectivity index (χ3v) is 9.42. The second-order valence-corrected chi connectivity index (χ2v) is 13.7. The molecule has 3 aliphatic carbocycles. The molecule has 5 rings (SSSR count). The van der Waals surface area contributed by atoms with Crippen molar-refractivity contribution in [2.75, 3.05) is 14.1 Å². The van der Waals surface area contributed by atoms with E-state index in [1.54, 1.807) is 14.1 Å². The zero-order valence-electron chi connectivity index (χ0n) is 25.6. The van der Waals surface area contributed by atoms with Crippen molar-refractivity contribution in [3.8, 4) is 16.9 Å². The molecule has 0 aromatic heterocycles. The highest BCUT2D eigenvalue weighted by molar-refractivity contribution is 6.24. The Morgan fingerprint density at radius 2 is 1.67 bits per heavy atom.